The molecule has 0 bridgehead atoms. The quantitative estimate of drug-likeness (QED) is 0.714. The van der Waals surface area contributed by atoms with Gasteiger partial charge in [0.1, 0.15) is 18.2 Å². The smallest absolute Gasteiger partial charge is 0.275 e. The van der Waals surface area contributed by atoms with Crippen molar-refractivity contribution in [3.05, 3.63) is 59.9 Å². The number of quaternary nitrogens is 1. The zero-order chi connectivity index (χ0) is 19.1. The van der Waals surface area contributed by atoms with E-state index in [1.54, 1.807) is 12.1 Å². The number of amides is 1. The number of carbonyl (C=O) groups is 1. The Morgan fingerprint density at radius 3 is 2.63 bits per heavy atom. The molecule has 27 heavy (non-hydrogen) atoms. The summed E-state index contributed by atoms with van der Waals surface area (Å²) in [5.41, 5.74) is 2.19. The van der Waals surface area contributed by atoms with Crippen molar-refractivity contribution in [2.45, 2.75) is 6.92 Å². The molecular weight excluding hydrogens is 345 g/mol. The molecule has 0 aliphatic carbocycles. The van der Waals surface area contributed by atoms with Crippen molar-refractivity contribution in [3.63, 3.8) is 0 Å². The summed E-state index contributed by atoms with van der Waals surface area (Å²) in [6, 6.07) is 14.5. The molecule has 0 spiro atoms. The average Bonchev–Trinajstić information content (AvgIpc) is 2.67. The van der Waals surface area contributed by atoms with E-state index in [1.807, 2.05) is 31.2 Å². The molecule has 1 saturated heterocycles. The van der Waals surface area contributed by atoms with Crippen molar-refractivity contribution in [1.29, 1.82) is 0 Å². The van der Waals surface area contributed by atoms with Crippen LogP contribution in [0.3, 0.4) is 0 Å². The maximum atomic E-state index is 13.0. The van der Waals surface area contributed by atoms with Crippen LogP contribution in [-0.2, 0) is 4.79 Å². The van der Waals surface area contributed by atoms with Gasteiger partial charge in [0.15, 0.2) is 6.54 Å². The fourth-order valence-electron chi connectivity index (χ4n) is 3.26. The van der Waals surface area contributed by atoms with Gasteiger partial charge in [-0.05, 0) is 48.9 Å². The number of halogens is 1. The molecule has 6 heteroatoms. The number of ether oxygens (including phenoxy) is 1. The second kappa shape index (κ2) is 9.37. The van der Waals surface area contributed by atoms with E-state index in [-0.39, 0.29) is 11.7 Å². The van der Waals surface area contributed by atoms with E-state index in [1.165, 1.54) is 17.0 Å². The second-order valence-electron chi connectivity index (χ2n) is 6.91. The van der Waals surface area contributed by atoms with Gasteiger partial charge in [-0.3, -0.25) is 4.79 Å². The number of nitrogens with one attached hydrogen (secondary N) is 2. The Hall–Kier alpha value is -2.60. The van der Waals surface area contributed by atoms with Crippen LogP contribution in [0.1, 0.15) is 5.56 Å². The molecule has 2 N–H and O–H groups in total. The molecule has 1 aliphatic heterocycles. The number of piperazine rings is 1. The van der Waals surface area contributed by atoms with Crippen molar-refractivity contribution >= 4 is 11.6 Å². The van der Waals surface area contributed by atoms with Gasteiger partial charge in [-0.15, -0.1) is 0 Å². The zero-order valence-electron chi connectivity index (χ0n) is 15.7. The highest BCUT2D eigenvalue weighted by Crippen LogP contribution is 2.14. The molecule has 1 heterocycles. The maximum absolute atomic E-state index is 13.0. The fourth-order valence-corrected chi connectivity index (χ4v) is 3.26. The monoisotopic (exact) mass is 372 g/mol. The number of hydrogen-bond acceptors (Lipinski definition) is 3. The van der Waals surface area contributed by atoms with Gasteiger partial charge < -0.3 is 19.9 Å². The summed E-state index contributed by atoms with van der Waals surface area (Å²) in [4.78, 5) is 15.6. The first-order valence-electron chi connectivity index (χ1n) is 9.40. The van der Waals surface area contributed by atoms with Gasteiger partial charge in [0.2, 0.25) is 0 Å². The third kappa shape index (κ3) is 5.96. The van der Waals surface area contributed by atoms with Crippen LogP contribution in [0.5, 0.6) is 5.75 Å². The Balaban J connectivity index is 1.33. The molecule has 0 saturated carbocycles. The molecule has 144 valence electrons. The van der Waals surface area contributed by atoms with E-state index >= 15 is 0 Å². The number of nitrogens with zero attached hydrogens (tertiary/aromatic N) is 1. The predicted molar refractivity (Wildman–Crippen MR) is 104 cm³/mol. The maximum Gasteiger partial charge on any atom is 0.275 e. The summed E-state index contributed by atoms with van der Waals surface area (Å²) in [6.45, 7) is 6.98. The number of benzene rings is 2. The van der Waals surface area contributed by atoms with E-state index in [9.17, 15) is 9.18 Å². The molecule has 0 atom stereocenters. The minimum absolute atomic E-state index is 0.0491. The number of aryl methyl sites for hydroxylation is 1. The lowest BCUT2D eigenvalue weighted by molar-refractivity contribution is -0.892. The lowest BCUT2D eigenvalue weighted by atomic mass is 10.2. The van der Waals surface area contributed by atoms with E-state index in [4.69, 9.17) is 4.74 Å². The lowest BCUT2D eigenvalue weighted by Crippen LogP contribution is -3.16. The lowest BCUT2D eigenvalue weighted by Gasteiger charge is -2.33. The Labute approximate surface area is 159 Å². The van der Waals surface area contributed by atoms with Crippen LogP contribution in [0.15, 0.2) is 48.5 Å². The third-order valence-corrected chi connectivity index (χ3v) is 4.76. The SMILES string of the molecule is Cc1cccc(OCCNC(=O)C[NH+]2CCN(c3ccc(F)cc3)CC2)c1. The average molecular weight is 372 g/mol. The van der Waals surface area contributed by atoms with Crippen molar-refractivity contribution in [2.24, 2.45) is 0 Å². The van der Waals surface area contributed by atoms with Gasteiger partial charge in [-0.25, -0.2) is 4.39 Å². The minimum Gasteiger partial charge on any atom is -0.492 e. The molecule has 2 aromatic rings. The molecule has 1 fully saturated rings. The minimum atomic E-state index is -0.217. The molecule has 0 radical (unpaired) electrons. The van der Waals surface area contributed by atoms with Gasteiger partial charge in [0.05, 0.1) is 32.7 Å². The molecule has 1 amide bonds. The van der Waals surface area contributed by atoms with Crippen molar-refractivity contribution < 1.29 is 18.8 Å². The van der Waals surface area contributed by atoms with Gasteiger partial charge in [-0.2, -0.15) is 0 Å². The molecule has 2 aromatic carbocycles. The van der Waals surface area contributed by atoms with Crippen LogP contribution in [-0.4, -0.2) is 51.8 Å². The fraction of sp³-hybridized carbons (Fsp3) is 0.381. The Morgan fingerprint density at radius 2 is 1.93 bits per heavy atom. The summed E-state index contributed by atoms with van der Waals surface area (Å²) in [6.07, 6.45) is 0. The number of carbonyl (C=O) groups excluding carboxylic acids is 1. The Kier molecular flexibility index (Phi) is 6.65. The first-order valence-corrected chi connectivity index (χ1v) is 9.40. The summed E-state index contributed by atoms with van der Waals surface area (Å²) in [5.74, 6) is 0.658. The van der Waals surface area contributed by atoms with Crippen LogP contribution in [0.2, 0.25) is 0 Å². The molecular formula is C21H27FN3O2+. The molecule has 5 nitrogen and oxygen atoms in total. The van der Waals surface area contributed by atoms with Gasteiger partial charge in [-0.1, -0.05) is 12.1 Å². The Morgan fingerprint density at radius 1 is 1.19 bits per heavy atom. The normalized spacial score (nSPS) is 14.8. The second-order valence-corrected chi connectivity index (χ2v) is 6.91. The summed E-state index contributed by atoms with van der Waals surface area (Å²) in [7, 11) is 0. The topological polar surface area (TPSA) is 46.0 Å². The van der Waals surface area contributed by atoms with E-state index in [0.717, 1.165) is 43.2 Å². The summed E-state index contributed by atoms with van der Waals surface area (Å²) >= 11 is 0. The number of rotatable bonds is 7. The third-order valence-electron chi connectivity index (χ3n) is 4.76. The summed E-state index contributed by atoms with van der Waals surface area (Å²) < 4.78 is 18.7. The van der Waals surface area contributed by atoms with Crippen LogP contribution >= 0.6 is 0 Å². The van der Waals surface area contributed by atoms with Gasteiger partial charge in [0, 0.05) is 5.69 Å². The van der Waals surface area contributed by atoms with Crippen LogP contribution < -0.4 is 19.9 Å². The highest BCUT2D eigenvalue weighted by molar-refractivity contribution is 5.76. The summed E-state index contributed by atoms with van der Waals surface area (Å²) in [5, 5.41) is 2.92. The first kappa shape index (κ1) is 19.2. The number of anilines is 1. The van der Waals surface area contributed by atoms with Crippen LogP contribution in [0.4, 0.5) is 10.1 Å². The van der Waals surface area contributed by atoms with Crippen molar-refractivity contribution in [1.82, 2.24) is 5.32 Å². The van der Waals surface area contributed by atoms with E-state index < -0.39 is 0 Å². The molecule has 0 aromatic heterocycles. The highest BCUT2D eigenvalue weighted by Gasteiger charge is 2.22. The molecule has 3 rings (SSSR count). The van der Waals surface area contributed by atoms with Gasteiger partial charge in [0.25, 0.3) is 5.91 Å². The Bertz CT molecular complexity index is 743. The van der Waals surface area contributed by atoms with Crippen LogP contribution in [0, 0.1) is 12.7 Å². The largest absolute Gasteiger partial charge is 0.492 e. The highest BCUT2D eigenvalue weighted by atomic mass is 19.1. The zero-order valence-corrected chi connectivity index (χ0v) is 15.7. The number of hydrogen-bond donors (Lipinski definition) is 2. The molecule has 1 aliphatic rings. The first-order chi connectivity index (χ1) is 13.1. The van der Waals surface area contributed by atoms with Crippen molar-refractivity contribution in [3.8, 4) is 5.75 Å². The molecule has 0 unspecified atom stereocenters. The van der Waals surface area contributed by atoms with Crippen LogP contribution in [0.25, 0.3) is 0 Å². The standard InChI is InChI=1S/C21H26FN3O2/c1-17-3-2-4-20(15-17)27-14-9-23-21(26)16-24-10-12-25(13-11-24)19-7-5-18(22)6-8-19/h2-8,15H,9-14,16H2,1H3,(H,23,26)/p+1. The van der Waals surface area contributed by atoms with Crippen molar-refractivity contribution in [2.75, 3.05) is 50.8 Å². The van der Waals surface area contributed by atoms with E-state index in [0.29, 0.717) is 19.7 Å². The van der Waals surface area contributed by atoms with E-state index in [2.05, 4.69) is 10.2 Å². The van der Waals surface area contributed by atoms with Gasteiger partial charge >= 0.3 is 0 Å². The predicted octanol–water partition coefficient (Wildman–Crippen LogP) is 1.03.